The van der Waals surface area contributed by atoms with Crippen LogP contribution in [0.4, 0.5) is 5.82 Å². The Balaban J connectivity index is 2.46. The monoisotopic (exact) mass is 242 g/mol. The van der Waals surface area contributed by atoms with Crippen molar-refractivity contribution >= 4 is 5.82 Å². The smallest absolute Gasteiger partial charge is 0.180 e. The second-order valence-corrected chi connectivity index (χ2v) is 4.17. The fourth-order valence-electron chi connectivity index (χ4n) is 1.72. The molecule has 0 aromatic carbocycles. The molecular weight excluding hydrogens is 224 g/mol. The van der Waals surface area contributed by atoms with E-state index in [0.717, 1.165) is 35.7 Å². The molecule has 94 valence electrons. The number of anilines is 1. The lowest BCUT2D eigenvalue weighted by Gasteiger charge is -2.07. The maximum absolute atomic E-state index is 4.53. The van der Waals surface area contributed by atoms with E-state index in [-0.39, 0.29) is 0 Å². The highest BCUT2D eigenvalue weighted by Gasteiger charge is 2.07. The third-order valence-corrected chi connectivity index (χ3v) is 2.64. The summed E-state index contributed by atoms with van der Waals surface area (Å²) in [5.41, 5.74) is 3.01. The SMILES string of the molecule is CCNc1cc(CC)nc(-c2cc(C)ccn2)n1. The highest BCUT2D eigenvalue weighted by molar-refractivity contribution is 5.53. The summed E-state index contributed by atoms with van der Waals surface area (Å²) in [6.45, 7) is 7.03. The maximum atomic E-state index is 4.53. The van der Waals surface area contributed by atoms with Gasteiger partial charge in [0, 0.05) is 24.5 Å². The van der Waals surface area contributed by atoms with Crippen LogP contribution in [0.2, 0.25) is 0 Å². The maximum Gasteiger partial charge on any atom is 0.180 e. The molecule has 0 bridgehead atoms. The number of nitrogens with one attached hydrogen (secondary N) is 1. The molecule has 0 fully saturated rings. The second kappa shape index (κ2) is 5.58. The van der Waals surface area contributed by atoms with E-state index >= 15 is 0 Å². The molecule has 4 heteroatoms. The van der Waals surface area contributed by atoms with Crippen molar-refractivity contribution in [2.24, 2.45) is 0 Å². The molecule has 18 heavy (non-hydrogen) atoms. The Hall–Kier alpha value is -1.97. The van der Waals surface area contributed by atoms with Gasteiger partial charge in [0.15, 0.2) is 5.82 Å². The van der Waals surface area contributed by atoms with Gasteiger partial charge in [0.05, 0.1) is 0 Å². The van der Waals surface area contributed by atoms with Gasteiger partial charge in [-0.3, -0.25) is 4.98 Å². The van der Waals surface area contributed by atoms with E-state index in [1.165, 1.54) is 0 Å². The van der Waals surface area contributed by atoms with Crippen molar-refractivity contribution in [3.63, 3.8) is 0 Å². The quantitative estimate of drug-likeness (QED) is 0.895. The molecule has 2 aromatic rings. The van der Waals surface area contributed by atoms with Gasteiger partial charge in [-0.2, -0.15) is 0 Å². The largest absolute Gasteiger partial charge is 0.370 e. The van der Waals surface area contributed by atoms with Gasteiger partial charge in [0.25, 0.3) is 0 Å². The molecule has 0 atom stereocenters. The minimum Gasteiger partial charge on any atom is -0.370 e. The van der Waals surface area contributed by atoms with E-state index in [2.05, 4.69) is 34.1 Å². The first-order chi connectivity index (χ1) is 8.72. The molecule has 2 aromatic heterocycles. The molecule has 0 saturated heterocycles. The lowest BCUT2D eigenvalue weighted by atomic mass is 10.2. The topological polar surface area (TPSA) is 50.7 Å². The first kappa shape index (κ1) is 12.5. The molecule has 0 amide bonds. The van der Waals surface area contributed by atoms with Crippen LogP contribution >= 0.6 is 0 Å². The van der Waals surface area contributed by atoms with Gasteiger partial charge in [-0.1, -0.05) is 6.92 Å². The van der Waals surface area contributed by atoms with Gasteiger partial charge >= 0.3 is 0 Å². The Bertz CT molecular complexity index is 537. The number of aryl methyl sites for hydroxylation is 2. The Labute approximate surface area is 108 Å². The Morgan fingerprint density at radius 1 is 1.17 bits per heavy atom. The van der Waals surface area contributed by atoms with Crippen LogP contribution in [0.25, 0.3) is 11.5 Å². The minimum atomic E-state index is 0.689. The molecule has 0 radical (unpaired) electrons. The van der Waals surface area contributed by atoms with Crippen molar-refractivity contribution in [2.75, 3.05) is 11.9 Å². The van der Waals surface area contributed by atoms with Crippen molar-refractivity contribution in [1.82, 2.24) is 15.0 Å². The van der Waals surface area contributed by atoms with E-state index in [0.29, 0.717) is 5.82 Å². The first-order valence-corrected chi connectivity index (χ1v) is 6.27. The highest BCUT2D eigenvalue weighted by Crippen LogP contribution is 2.17. The van der Waals surface area contributed by atoms with Crippen LogP contribution < -0.4 is 5.32 Å². The van der Waals surface area contributed by atoms with Crippen molar-refractivity contribution < 1.29 is 0 Å². The predicted octanol–water partition coefficient (Wildman–Crippen LogP) is 2.84. The summed E-state index contributed by atoms with van der Waals surface area (Å²) >= 11 is 0. The normalized spacial score (nSPS) is 10.4. The third-order valence-electron chi connectivity index (χ3n) is 2.64. The molecule has 1 N–H and O–H groups in total. The fraction of sp³-hybridized carbons (Fsp3) is 0.357. The zero-order valence-corrected chi connectivity index (χ0v) is 11.1. The van der Waals surface area contributed by atoms with Gasteiger partial charge in [-0.15, -0.1) is 0 Å². The molecule has 0 aliphatic carbocycles. The zero-order chi connectivity index (χ0) is 13.0. The van der Waals surface area contributed by atoms with Gasteiger partial charge in [0.2, 0.25) is 0 Å². The number of hydrogen-bond acceptors (Lipinski definition) is 4. The van der Waals surface area contributed by atoms with Crippen molar-refractivity contribution in [2.45, 2.75) is 27.2 Å². The molecule has 0 unspecified atom stereocenters. The number of nitrogens with zero attached hydrogens (tertiary/aromatic N) is 3. The number of aromatic nitrogens is 3. The summed E-state index contributed by atoms with van der Waals surface area (Å²) in [6.07, 6.45) is 2.68. The van der Waals surface area contributed by atoms with E-state index in [9.17, 15) is 0 Å². The molecule has 4 nitrogen and oxygen atoms in total. The summed E-state index contributed by atoms with van der Waals surface area (Å²) in [6, 6.07) is 5.96. The van der Waals surface area contributed by atoms with Crippen molar-refractivity contribution in [3.05, 3.63) is 35.7 Å². The van der Waals surface area contributed by atoms with Gasteiger partial charge in [-0.05, 0) is 38.0 Å². The van der Waals surface area contributed by atoms with Crippen LogP contribution in [0.5, 0.6) is 0 Å². The lowest BCUT2D eigenvalue weighted by molar-refractivity contribution is 0.991. The summed E-state index contributed by atoms with van der Waals surface area (Å²) in [5, 5.41) is 3.23. The molecule has 0 aliphatic rings. The number of rotatable bonds is 4. The first-order valence-electron chi connectivity index (χ1n) is 6.27. The van der Waals surface area contributed by atoms with Crippen LogP contribution in [0.1, 0.15) is 25.1 Å². The third kappa shape index (κ3) is 2.83. The van der Waals surface area contributed by atoms with Crippen molar-refractivity contribution in [3.8, 4) is 11.5 Å². The van der Waals surface area contributed by atoms with Crippen LogP contribution in [-0.4, -0.2) is 21.5 Å². The second-order valence-electron chi connectivity index (χ2n) is 4.17. The Morgan fingerprint density at radius 3 is 2.67 bits per heavy atom. The summed E-state index contributed by atoms with van der Waals surface area (Å²) in [7, 11) is 0. The Kier molecular flexibility index (Phi) is 3.87. The standard InChI is InChI=1S/C14H18N4/c1-4-11-9-13(15-5-2)18-14(17-11)12-8-10(3)6-7-16-12/h6-9H,4-5H2,1-3H3,(H,15,17,18). The highest BCUT2D eigenvalue weighted by atomic mass is 15.0. The molecule has 2 heterocycles. The average Bonchev–Trinajstić information content (AvgIpc) is 2.39. The molecular formula is C14H18N4. The molecule has 0 aliphatic heterocycles. The fourth-order valence-corrected chi connectivity index (χ4v) is 1.72. The van der Waals surface area contributed by atoms with Crippen LogP contribution in [-0.2, 0) is 6.42 Å². The van der Waals surface area contributed by atoms with Crippen LogP contribution in [0.3, 0.4) is 0 Å². The zero-order valence-electron chi connectivity index (χ0n) is 11.1. The van der Waals surface area contributed by atoms with E-state index < -0.39 is 0 Å². The average molecular weight is 242 g/mol. The van der Waals surface area contributed by atoms with E-state index in [1.54, 1.807) is 6.20 Å². The number of hydrogen-bond donors (Lipinski definition) is 1. The molecule has 0 saturated carbocycles. The summed E-state index contributed by atoms with van der Waals surface area (Å²) in [5.74, 6) is 1.55. The van der Waals surface area contributed by atoms with Gasteiger partial charge < -0.3 is 5.32 Å². The van der Waals surface area contributed by atoms with E-state index in [4.69, 9.17) is 0 Å². The lowest BCUT2D eigenvalue weighted by Crippen LogP contribution is -2.04. The van der Waals surface area contributed by atoms with E-state index in [1.807, 2.05) is 25.1 Å². The van der Waals surface area contributed by atoms with Gasteiger partial charge in [0.1, 0.15) is 11.5 Å². The minimum absolute atomic E-state index is 0.689. The summed E-state index contributed by atoms with van der Waals surface area (Å²) in [4.78, 5) is 13.4. The van der Waals surface area contributed by atoms with Crippen LogP contribution in [0.15, 0.2) is 24.4 Å². The van der Waals surface area contributed by atoms with Gasteiger partial charge in [-0.25, -0.2) is 9.97 Å². The molecule has 2 rings (SSSR count). The van der Waals surface area contributed by atoms with Crippen LogP contribution in [0, 0.1) is 6.92 Å². The van der Waals surface area contributed by atoms with Crippen molar-refractivity contribution in [1.29, 1.82) is 0 Å². The Morgan fingerprint density at radius 2 is 2.00 bits per heavy atom. The molecule has 0 spiro atoms. The predicted molar refractivity (Wildman–Crippen MR) is 73.5 cm³/mol. The summed E-state index contributed by atoms with van der Waals surface area (Å²) < 4.78 is 0. The number of pyridine rings is 1.